The van der Waals surface area contributed by atoms with Crippen molar-refractivity contribution in [3.05, 3.63) is 24.4 Å². The van der Waals surface area contributed by atoms with Gasteiger partial charge in [0.05, 0.1) is 11.7 Å². The van der Waals surface area contributed by atoms with Gasteiger partial charge < -0.3 is 5.32 Å². The maximum Gasteiger partial charge on any atom is 0.132 e. The van der Waals surface area contributed by atoms with Crippen LogP contribution in [0.1, 0.15) is 0 Å². The first-order valence-electron chi connectivity index (χ1n) is 5.08. The zero-order valence-electron chi connectivity index (χ0n) is 8.25. The molecule has 0 radical (unpaired) electrons. The minimum atomic E-state index is 0.172. The van der Waals surface area contributed by atoms with Crippen LogP contribution in [0.4, 0.5) is 5.69 Å². The molecule has 5 heteroatoms. The highest BCUT2D eigenvalue weighted by Gasteiger charge is 2.11. The topological polar surface area (TPSA) is 64.8 Å². The summed E-state index contributed by atoms with van der Waals surface area (Å²) in [5, 5.41) is 18.0. The average molecular weight is 203 g/mol. The molecule has 0 bridgehead atoms. The van der Waals surface area contributed by atoms with E-state index in [4.69, 9.17) is 0 Å². The Labute approximate surface area is 87.2 Å². The molecule has 3 rings (SSSR count). The van der Waals surface area contributed by atoms with Gasteiger partial charge in [-0.2, -0.15) is 5.10 Å². The zero-order chi connectivity index (χ0) is 10.1. The van der Waals surface area contributed by atoms with E-state index in [1.807, 2.05) is 6.20 Å². The molecule has 0 amide bonds. The molecule has 1 aromatic heterocycles. The van der Waals surface area contributed by atoms with Crippen molar-refractivity contribution in [1.82, 2.24) is 20.8 Å². The monoisotopic (exact) mass is 203 g/mol. The second-order valence-corrected chi connectivity index (χ2v) is 3.66. The average Bonchev–Trinajstić information content (AvgIpc) is 2.87. The fourth-order valence-electron chi connectivity index (χ4n) is 1.80. The summed E-state index contributed by atoms with van der Waals surface area (Å²) >= 11 is 0. The molecule has 15 heavy (non-hydrogen) atoms. The highest BCUT2D eigenvalue weighted by Crippen LogP contribution is 2.16. The van der Waals surface area contributed by atoms with Crippen molar-refractivity contribution in [3.63, 3.8) is 0 Å². The van der Waals surface area contributed by atoms with Crippen LogP contribution in [0.2, 0.25) is 0 Å². The summed E-state index contributed by atoms with van der Waals surface area (Å²) in [6, 6.07) is 6.17. The Bertz CT molecular complexity index is 458. The van der Waals surface area contributed by atoms with Crippen LogP contribution in [0, 0.1) is 0 Å². The molecule has 2 aromatic rings. The minimum Gasteiger partial charge on any atom is -0.358 e. The third kappa shape index (κ3) is 1.67. The van der Waals surface area contributed by atoms with Gasteiger partial charge >= 0.3 is 0 Å². The van der Waals surface area contributed by atoms with Gasteiger partial charge in [0.25, 0.3) is 0 Å². The molecule has 1 aliphatic heterocycles. The number of anilines is 1. The number of hydrogen-bond donors (Lipinski definition) is 4. The molecule has 2 heterocycles. The first-order valence-corrected chi connectivity index (χ1v) is 5.08. The van der Waals surface area contributed by atoms with E-state index in [1.165, 1.54) is 0 Å². The molecule has 1 saturated heterocycles. The van der Waals surface area contributed by atoms with Gasteiger partial charge in [-0.25, -0.2) is 0 Å². The summed E-state index contributed by atoms with van der Waals surface area (Å²) in [7, 11) is 0. The third-order valence-electron chi connectivity index (χ3n) is 2.57. The van der Waals surface area contributed by atoms with Crippen molar-refractivity contribution >= 4 is 16.6 Å². The Morgan fingerprint density at radius 2 is 2.13 bits per heavy atom. The molecule has 0 saturated carbocycles. The van der Waals surface area contributed by atoms with Crippen LogP contribution in [0.3, 0.4) is 0 Å². The standard InChI is InChI=1S/C10H13N5/c1-2-8(14-10-11-3-4-12-10)5-9-7(1)6-13-15-9/h1-2,5-6,10-12,14H,3-4H2,(H,13,15). The lowest BCUT2D eigenvalue weighted by molar-refractivity contribution is 0.621. The van der Waals surface area contributed by atoms with Crippen molar-refractivity contribution in [1.29, 1.82) is 0 Å². The van der Waals surface area contributed by atoms with E-state index in [0.29, 0.717) is 0 Å². The number of aromatic nitrogens is 2. The van der Waals surface area contributed by atoms with Crippen LogP contribution >= 0.6 is 0 Å². The number of nitrogens with zero attached hydrogens (tertiary/aromatic N) is 1. The van der Waals surface area contributed by atoms with Crippen molar-refractivity contribution in [3.8, 4) is 0 Å². The number of rotatable bonds is 2. The van der Waals surface area contributed by atoms with Crippen LogP contribution < -0.4 is 16.0 Å². The summed E-state index contributed by atoms with van der Waals surface area (Å²) in [6.07, 6.45) is 2.00. The van der Waals surface area contributed by atoms with Crippen molar-refractivity contribution in [2.75, 3.05) is 18.4 Å². The molecule has 0 atom stereocenters. The molecule has 78 valence electrons. The Morgan fingerprint density at radius 3 is 3.00 bits per heavy atom. The van der Waals surface area contributed by atoms with Gasteiger partial charge in [-0.1, -0.05) is 0 Å². The number of nitrogens with one attached hydrogen (secondary N) is 4. The van der Waals surface area contributed by atoms with Gasteiger partial charge in [-0.3, -0.25) is 15.7 Å². The Hall–Kier alpha value is -1.59. The number of fused-ring (bicyclic) bond motifs is 1. The predicted molar refractivity (Wildman–Crippen MR) is 59.5 cm³/mol. The second kappa shape index (κ2) is 3.52. The third-order valence-corrected chi connectivity index (χ3v) is 2.57. The molecular weight excluding hydrogens is 190 g/mol. The Morgan fingerprint density at radius 1 is 1.27 bits per heavy atom. The lowest BCUT2D eigenvalue weighted by Crippen LogP contribution is -2.38. The zero-order valence-corrected chi connectivity index (χ0v) is 8.25. The number of aromatic amines is 1. The second-order valence-electron chi connectivity index (χ2n) is 3.66. The van der Waals surface area contributed by atoms with Gasteiger partial charge in [0.1, 0.15) is 6.29 Å². The van der Waals surface area contributed by atoms with Crippen LogP contribution in [0.5, 0.6) is 0 Å². The first-order chi connectivity index (χ1) is 7.42. The van der Waals surface area contributed by atoms with E-state index in [0.717, 1.165) is 29.7 Å². The molecule has 0 aliphatic carbocycles. The fourth-order valence-corrected chi connectivity index (χ4v) is 1.80. The van der Waals surface area contributed by atoms with E-state index < -0.39 is 0 Å². The van der Waals surface area contributed by atoms with Gasteiger partial charge in [0, 0.05) is 24.2 Å². The smallest absolute Gasteiger partial charge is 0.132 e. The van der Waals surface area contributed by atoms with Crippen LogP contribution in [0.25, 0.3) is 10.9 Å². The van der Waals surface area contributed by atoms with E-state index in [9.17, 15) is 0 Å². The van der Waals surface area contributed by atoms with Crippen molar-refractivity contribution in [2.24, 2.45) is 0 Å². The lowest BCUT2D eigenvalue weighted by atomic mass is 10.2. The van der Waals surface area contributed by atoms with E-state index >= 15 is 0 Å². The highest BCUT2D eigenvalue weighted by atomic mass is 15.3. The summed E-state index contributed by atoms with van der Waals surface area (Å²) < 4.78 is 0. The van der Waals surface area contributed by atoms with Crippen molar-refractivity contribution < 1.29 is 0 Å². The normalized spacial score (nSPS) is 17.3. The van der Waals surface area contributed by atoms with Crippen LogP contribution in [0.15, 0.2) is 24.4 Å². The molecule has 1 fully saturated rings. The van der Waals surface area contributed by atoms with Crippen LogP contribution in [-0.4, -0.2) is 29.6 Å². The maximum absolute atomic E-state index is 3.99. The largest absolute Gasteiger partial charge is 0.358 e. The molecule has 0 unspecified atom stereocenters. The van der Waals surface area contributed by atoms with E-state index in [2.05, 4.69) is 44.3 Å². The van der Waals surface area contributed by atoms with Crippen molar-refractivity contribution in [2.45, 2.75) is 6.29 Å². The lowest BCUT2D eigenvalue weighted by Gasteiger charge is -2.14. The molecule has 1 aromatic carbocycles. The van der Waals surface area contributed by atoms with E-state index in [-0.39, 0.29) is 6.29 Å². The molecule has 1 aliphatic rings. The quantitative estimate of drug-likeness (QED) is 0.572. The van der Waals surface area contributed by atoms with Gasteiger partial charge in [-0.15, -0.1) is 0 Å². The highest BCUT2D eigenvalue weighted by molar-refractivity contribution is 5.81. The Kier molecular flexibility index (Phi) is 2.04. The maximum atomic E-state index is 3.99. The summed E-state index contributed by atoms with van der Waals surface area (Å²) in [6.45, 7) is 2.01. The molecule has 5 nitrogen and oxygen atoms in total. The van der Waals surface area contributed by atoms with E-state index in [1.54, 1.807) is 0 Å². The minimum absolute atomic E-state index is 0.172. The Balaban J connectivity index is 1.84. The molecule has 4 N–H and O–H groups in total. The van der Waals surface area contributed by atoms with Gasteiger partial charge in [-0.05, 0) is 18.2 Å². The molecular formula is C10H13N5. The van der Waals surface area contributed by atoms with Gasteiger partial charge in [0.15, 0.2) is 0 Å². The number of hydrogen-bond acceptors (Lipinski definition) is 4. The fraction of sp³-hybridized carbons (Fsp3) is 0.300. The summed E-state index contributed by atoms with van der Waals surface area (Å²) in [4.78, 5) is 0. The number of H-pyrrole nitrogens is 1. The summed E-state index contributed by atoms with van der Waals surface area (Å²) in [5.74, 6) is 0. The van der Waals surface area contributed by atoms with Gasteiger partial charge in [0.2, 0.25) is 0 Å². The first kappa shape index (κ1) is 8.70. The number of benzene rings is 1. The summed E-state index contributed by atoms with van der Waals surface area (Å²) in [5.41, 5.74) is 2.14. The SMILES string of the molecule is c1cc2cn[nH]c2cc1NC1NCCN1. The van der Waals surface area contributed by atoms with Crippen LogP contribution in [-0.2, 0) is 0 Å². The predicted octanol–water partition coefficient (Wildman–Crippen LogP) is 0.451. The molecule has 0 spiro atoms.